The van der Waals surface area contributed by atoms with Crippen LogP contribution in [-0.2, 0) is 4.74 Å². The van der Waals surface area contributed by atoms with E-state index in [2.05, 4.69) is 11.0 Å². The van der Waals surface area contributed by atoms with Gasteiger partial charge in [-0.1, -0.05) is 0 Å². The van der Waals surface area contributed by atoms with Gasteiger partial charge in [0.2, 0.25) is 0 Å². The van der Waals surface area contributed by atoms with Crippen molar-refractivity contribution < 1.29 is 9.84 Å². The predicted molar refractivity (Wildman–Crippen MR) is 57.6 cm³/mol. The first-order valence-electron chi connectivity index (χ1n) is 6.07. The zero-order valence-electron chi connectivity index (χ0n) is 9.65. The molecule has 0 amide bonds. The third kappa shape index (κ3) is 1.14. The van der Waals surface area contributed by atoms with E-state index in [1.54, 1.807) is 0 Å². The Morgan fingerprint density at radius 3 is 2.75 bits per heavy atom. The van der Waals surface area contributed by atoms with E-state index in [1.165, 1.54) is 0 Å². The van der Waals surface area contributed by atoms with Gasteiger partial charge >= 0.3 is 0 Å². The molecule has 0 aromatic heterocycles. The Hall–Kier alpha value is -0.630. The Kier molecular flexibility index (Phi) is 2.10. The summed E-state index contributed by atoms with van der Waals surface area (Å²) in [5.74, 6) is 0. The normalized spacial score (nSPS) is 52.1. The Morgan fingerprint density at radius 1 is 1.50 bits per heavy atom. The zero-order valence-corrected chi connectivity index (χ0v) is 9.65. The fourth-order valence-electron chi connectivity index (χ4n) is 3.76. The highest BCUT2D eigenvalue weighted by Crippen LogP contribution is 2.55. The molecule has 2 bridgehead atoms. The molecule has 3 fully saturated rings. The van der Waals surface area contributed by atoms with Crippen LogP contribution < -0.4 is 0 Å². The highest BCUT2D eigenvalue weighted by molar-refractivity contribution is 5.22. The van der Waals surface area contributed by atoms with E-state index in [0.29, 0.717) is 13.0 Å². The van der Waals surface area contributed by atoms with Crippen LogP contribution in [-0.4, -0.2) is 48.0 Å². The summed E-state index contributed by atoms with van der Waals surface area (Å²) in [6.45, 7) is 1.48. The lowest BCUT2D eigenvalue weighted by Crippen LogP contribution is -2.54. The van der Waals surface area contributed by atoms with Gasteiger partial charge < -0.3 is 14.7 Å². The molecule has 3 aliphatic rings. The summed E-state index contributed by atoms with van der Waals surface area (Å²) < 4.78 is 5.79. The molecule has 3 saturated heterocycles. The molecule has 3 aliphatic heterocycles. The second-order valence-electron chi connectivity index (χ2n) is 5.63. The van der Waals surface area contributed by atoms with Gasteiger partial charge in [-0.15, -0.1) is 0 Å². The van der Waals surface area contributed by atoms with E-state index in [9.17, 15) is 10.4 Å². The van der Waals surface area contributed by atoms with Gasteiger partial charge in [-0.25, -0.2) is 0 Å². The molecule has 3 rings (SSSR count). The number of ether oxygens (including phenoxy) is 1. The summed E-state index contributed by atoms with van der Waals surface area (Å²) in [6.07, 6.45) is 3.57. The van der Waals surface area contributed by atoms with Gasteiger partial charge in [-0.3, -0.25) is 0 Å². The van der Waals surface area contributed by atoms with Crippen LogP contribution in [0.15, 0.2) is 0 Å². The van der Waals surface area contributed by atoms with Crippen LogP contribution in [0, 0.1) is 16.7 Å². The standard InChI is InChI=1S/C12H18N2O2/c1-14-5-4-12(15,8-14)11(7-13)6-9-2-3-10(11)16-9/h9-10,15H,2-6,8H2,1H3. The highest BCUT2D eigenvalue weighted by atomic mass is 16.5. The van der Waals surface area contributed by atoms with Gasteiger partial charge in [0.05, 0.1) is 23.9 Å². The number of aliphatic hydroxyl groups is 1. The van der Waals surface area contributed by atoms with Crippen molar-refractivity contribution in [1.82, 2.24) is 4.90 Å². The molecule has 0 spiro atoms. The molecule has 1 N–H and O–H groups in total. The third-order valence-electron chi connectivity index (χ3n) is 4.68. The van der Waals surface area contributed by atoms with E-state index < -0.39 is 11.0 Å². The van der Waals surface area contributed by atoms with Crippen LogP contribution in [0.3, 0.4) is 0 Å². The first-order valence-corrected chi connectivity index (χ1v) is 6.07. The molecule has 0 radical (unpaired) electrons. The fourth-order valence-corrected chi connectivity index (χ4v) is 3.76. The number of fused-ring (bicyclic) bond motifs is 2. The molecule has 4 unspecified atom stereocenters. The summed E-state index contributed by atoms with van der Waals surface area (Å²) in [6, 6.07) is 2.41. The molecule has 16 heavy (non-hydrogen) atoms. The number of hydrogen-bond donors (Lipinski definition) is 1. The minimum absolute atomic E-state index is 0.0426. The Bertz CT molecular complexity index is 353. The number of nitrogens with zero attached hydrogens (tertiary/aromatic N) is 2. The fraction of sp³-hybridized carbons (Fsp3) is 0.917. The van der Waals surface area contributed by atoms with Crippen LogP contribution in [0.25, 0.3) is 0 Å². The largest absolute Gasteiger partial charge is 0.387 e. The van der Waals surface area contributed by atoms with Gasteiger partial charge in [0, 0.05) is 13.1 Å². The third-order valence-corrected chi connectivity index (χ3v) is 4.68. The number of hydrogen-bond acceptors (Lipinski definition) is 4. The maximum atomic E-state index is 10.8. The minimum atomic E-state index is -0.865. The van der Waals surface area contributed by atoms with E-state index in [-0.39, 0.29) is 12.2 Å². The molecule has 4 nitrogen and oxygen atoms in total. The lowest BCUT2D eigenvalue weighted by Gasteiger charge is -2.41. The molecule has 88 valence electrons. The second-order valence-corrected chi connectivity index (χ2v) is 5.63. The second kappa shape index (κ2) is 3.19. The monoisotopic (exact) mass is 222 g/mol. The zero-order chi connectivity index (χ0) is 11.4. The lowest BCUT2D eigenvalue weighted by molar-refractivity contribution is -0.0753. The smallest absolute Gasteiger partial charge is 0.116 e. The van der Waals surface area contributed by atoms with Crippen molar-refractivity contribution in [3.05, 3.63) is 0 Å². The van der Waals surface area contributed by atoms with E-state index in [4.69, 9.17) is 4.74 Å². The number of β-amino-alcohol motifs (C(OH)–C–C–N with tert-alkyl or cyclic N) is 1. The number of nitriles is 1. The van der Waals surface area contributed by atoms with Crippen LogP contribution in [0.4, 0.5) is 0 Å². The van der Waals surface area contributed by atoms with Crippen molar-refractivity contribution in [2.24, 2.45) is 5.41 Å². The van der Waals surface area contributed by atoms with Crippen molar-refractivity contribution in [2.75, 3.05) is 20.1 Å². The number of rotatable bonds is 1. The van der Waals surface area contributed by atoms with E-state index in [1.807, 2.05) is 7.05 Å². The van der Waals surface area contributed by atoms with Crippen LogP contribution in [0.5, 0.6) is 0 Å². The first kappa shape index (κ1) is 10.5. The van der Waals surface area contributed by atoms with Crippen molar-refractivity contribution >= 4 is 0 Å². The molecule has 3 heterocycles. The van der Waals surface area contributed by atoms with Crippen molar-refractivity contribution in [1.29, 1.82) is 5.26 Å². The van der Waals surface area contributed by atoms with Gasteiger partial charge in [-0.2, -0.15) is 5.26 Å². The maximum absolute atomic E-state index is 10.8. The molecule has 4 atom stereocenters. The van der Waals surface area contributed by atoms with Crippen LogP contribution >= 0.6 is 0 Å². The van der Waals surface area contributed by atoms with Gasteiger partial charge in [0.15, 0.2) is 0 Å². The Labute approximate surface area is 95.8 Å². The van der Waals surface area contributed by atoms with Crippen LogP contribution in [0.2, 0.25) is 0 Å². The number of likely N-dealkylation sites (tertiary alicyclic amines) is 1. The average molecular weight is 222 g/mol. The molecular weight excluding hydrogens is 204 g/mol. The van der Waals surface area contributed by atoms with Crippen molar-refractivity contribution in [2.45, 2.75) is 43.5 Å². The van der Waals surface area contributed by atoms with E-state index in [0.717, 1.165) is 25.8 Å². The lowest BCUT2D eigenvalue weighted by atomic mass is 9.63. The number of likely N-dealkylation sites (N-methyl/N-ethyl adjacent to an activating group) is 1. The summed E-state index contributed by atoms with van der Waals surface area (Å²) in [4.78, 5) is 2.10. The summed E-state index contributed by atoms with van der Waals surface area (Å²) >= 11 is 0. The minimum Gasteiger partial charge on any atom is -0.387 e. The molecule has 4 heteroatoms. The summed E-state index contributed by atoms with van der Waals surface area (Å²) in [5, 5.41) is 20.3. The maximum Gasteiger partial charge on any atom is 0.116 e. The van der Waals surface area contributed by atoms with Gasteiger partial charge in [-0.05, 0) is 32.7 Å². The summed E-state index contributed by atoms with van der Waals surface area (Å²) in [5.41, 5.74) is -1.52. The average Bonchev–Trinajstić information content (AvgIpc) is 2.93. The van der Waals surface area contributed by atoms with Crippen molar-refractivity contribution in [3.8, 4) is 6.07 Å². The highest BCUT2D eigenvalue weighted by Gasteiger charge is 2.64. The van der Waals surface area contributed by atoms with Gasteiger partial charge in [0.25, 0.3) is 0 Å². The molecule has 0 aliphatic carbocycles. The molecule has 0 aromatic carbocycles. The Morgan fingerprint density at radius 2 is 2.31 bits per heavy atom. The Balaban J connectivity index is 1.95. The van der Waals surface area contributed by atoms with Crippen molar-refractivity contribution in [3.63, 3.8) is 0 Å². The molecule has 0 aromatic rings. The van der Waals surface area contributed by atoms with E-state index >= 15 is 0 Å². The quantitative estimate of drug-likeness (QED) is 0.702. The summed E-state index contributed by atoms with van der Waals surface area (Å²) in [7, 11) is 2.00. The first-order chi connectivity index (χ1) is 7.60. The topological polar surface area (TPSA) is 56.5 Å². The predicted octanol–water partition coefficient (Wildman–Crippen LogP) is 0.514. The molecular formula is C12H18N2O2. The van der Waals surface area contributed by atoms with Gasteiger partial charge in [0.1, 0.15) is 5.41 Å². The molecule has 0 saturated carbocycles. The SMILES string of the molecule is CN1CCC(O)(C2(C#N)CC3CCC2O3)C1. The van der Waals surface area contributed by atoms with Crippen LogP contribution in [0.1, 0.15) is 25.7 Å².